The zero-order chi connectivity index (χ0) is 9.84. The quantitative estimate of drug-likeness (QED) is 0.699. The van der Waals surface area contributed by atoms with Gasteiger partial charge in [-0.1, -0.05) is 0 Å². The van der Waals surface area contributed by atoms with Crippen LogP contribution in [0.25, 0.3) is 0 Å². The highest BCUT2D eigenvalue weighted by Gasteiger charge is 2.12. The van der Waals surface area contributed by atoms with Crippen LogP contribution in [0.4, 0.5) is 0 Å². The first-order valence-electron chi connectivity index (χ1n) is 3.74. The molecule has 13 heavy (non-hydrogen) atoms. The van der Waals surface area contributed by atoms with Gasteiger partial charge in [0.2, 0.25) is 0 Å². The minimum absolute atomic E-state index is 0.154. The minimum Gasteiger partial charge on any atom is -0.465 e. The maximum absolute atomic E-state index is 11.0. The topological polar surface area (TPSA) is 72.5 Å². The average Bonchev–Trinajstić information content (AvgIpc) is 2.64. The summed E-state index contributed by atoms with van der Waals surface area (Å²) in [4.78, 5) is 11.7. The SMILES string of the molecule is COC(=O)c1csc(C(O)CN)c1. The Labute approximate surface area is 79.9 Å². The summed E-state index contributed by atoms with van der Waals surface area (Å²) < 4.78 is 4.52. The highest BCUT2D eigenvalue weighted by Crippen LogP contribution is 2.21. The van der Waals surface area contributed by atoms with Gasteiger partial charge in [0.1, 0.15) is 6.10 Å². The summed E-state index contributed by atoms with van der Waals surface area (Å²) in [5.41, 5.74) is 5.72. The molecule has 1 unspecified atom stereocenters. The minimum atomic E-state index is -0.691. The smallest absolute Gasteiger partial charge is 0.338 e. The van der Waals surface area contributed by atoms with E-state index in [4.69, 9.17) is 5.73 Å². The largest absolute Gasteiger partial charge is 0.465 e. The Hall–Kier alpha value is -0.910. The Balaban J connectivity index is 2.80. The number of hydrogen-bond donors (Lipinski definition) is 2. The first kappa shape index (κ1) is 10.2. The van der Waals surface area contributed by atoms with E-state index in [0.29, 0.717) is 10.4 Å². The summed E-state index contributed by atoms with van der Waals surface area (Å²) in [7, 11) is 1.32. The molecule has 0 aliphatic rings. The number of carbonyl (C=O) groups is 1. The van der Waals surface area contributed by atoms with Crippen molar-refractivity contribution in [1.82, 2.24) is 0 Å². The third-order valence-electron chi connectivity index (χ3n) is 1.59. The maximum atomic E-state index is 11.0. The fraction of sp³-hybridized carbons (Fsp3) is 0.375. The van der Waals surface area contributed by atoms with Crippen LogP contribution in [-0.4, -0.2) is 24.7 Å². The lowest BCUT2D eigenvalue weighted by molar-refractivity contribution is 0.0601. The van der Waals surface area contributed by atoms with Crippen molar-refractivity contribution in [1.29, 1.82) is 0 Å². The van der Waals surface area contributed by atoms with E-state index in [1.807, 2.05) is 0 Å². The van der Waals surface area contributed by atoms with E-state index in [-0.39, 0.29) is 6.54 Å². The van der Waals surface area contributed by atoms with E-state index in [2.05, 4.69) is 4.74 Å². The van der Waals surface area contributed by atoms with Crippen molar-refractivity contribution in [3.8, 4) is 0 Å². The Morgan fingerprint density at radius 1 is 1.85 bits per heavy atom. The first-order chi connectivity index (χ1) is 6.19. The zero-order valence-electron chi connectivity index (χ0n) is 7.19. The maximum Gasteiger partial charge on any atom is 0.338 e. The van der Waals surface area contributed by atoms with Crippen LogP contribution < -0.4 is 5.73 Å². The van der Waals surface area contributed by atoms with Crippen molar-refractivity contribution in [2.75, 3.05) is 13.7 Å². The van der Waals surface area contributed by atoms with Crippen LogP contribution in [0, 0.1) is 0 Å². The van der Waals surface area contributed by atoms with Gasteiger partial charge in [0.15, 0.2) is 0 Å². The summed E-state index contributed by atoms with van der Waals surface area (Å²) in [5.74, 6) is -0.397. The number of methoxy groups -OCH3 is 1. The summed E-state index contributed by atoms with van der Waals surface area (Å²) in [6, 6.07) is 1.59. The number of hydrogen-bond acceptors (Lipinski definition) is 5. The number of rotatable bonds is 3. The summed E-state index contributed by atoms with van der Waals surface area (Å²) in [5, 5.41) is 11.0. The van der Waals surface area contributed by atoms with Gasteiger partial charge in [-0.15, -0.1) is 11.3 Å². The molecule has 0 aliphatic carbocycles. The molecule has 72 valence electrons. The molecule has 0 saturated carbocycles. The van der Waals surface area contributed by atoms with Gasteiger partial charge in [0.05, 0.1) is 12.7 Å². The van der Waals surface area contributed by atoms with Gasteiger partial charge in [0, 0.05) is 16.8 Å². The molecular formula is C8H11NO3S. The molecule has 1 heterocycles. The second-order valence-corrected chi connectivity index (χ2v) is 3.42. The molecule has 0 amide bonds. The van der Waals surface area contributed by atoms with Crippen molar-refractivity contribution in [2.45, 2.75) is 6.10 Å². The molecule has 1 aromatic heterocycles. The van der Waals surface area contributed by atoms with Gasteiger partial charge in [0.25, 0.3) is 0 Å². The lowest BCUT2D eigenvalue weighted by atomic mass is 10.2. The molecule has 5 heteroatoms. The fourth-order valence-electron chi connectivity index (χ4n) is 0.869. The molecule has 0 saturated heterocycles. The van der Waals surface area contributed by atoms with Crippen molar-refractivity contribution in [2.24, 2.45) is 5.73 Å². The van der Waals surface area contributed by atoms with Crippen LogP contribution in [0.15, 0.2) is 11.4 Å². The third-order valence-corrected chi connectivity index (χ3v) is 2.63. The van der Waals surface area contributed by atoms with Crippen molar-refractivity contribution >= 4 is 17.3 Å². The lowest BCUT2D eigenvalue weighted by Gasteiger charge is -2.02. The Morgan fingerprint density at radius 2 is 2.54 bits per heavy atom. The van der Waals surface area contributed by atoms with E-state index in [0.717, 1.165) is 0 Å². The lowest BCUT2D eigenvalue weighted by Crippen LogP contribution is -2.10. The van der Waals surface area contributed by atoms with E-state index in [9.17, 15) is 9.90 Å². The van der Waals surface area contributed by atoms with Crippen LogP contribution >= 0.6 is 11.3 Å². The Bertz CT molecular complexity index is 297. The standard InChI is InChI=1S/C8H11NO3S/c1-12-8(11)5-2-7(13-4-5)6(10)3-9/h2,4,6,10H,3,9H2,1H3. The van der Waals surface area contributed by atoms with E-state index in [1.54, 1.807) is 11.4 Å². The number of ether oxygens (including phenoxy) is 1. The summed E-state index contributed by atoms with van der Waals surface area (Å²) in [6.07, 6.45) is -0.691. The number of carbonyl (C=O) groups excluding carboxylic acids is 1. The van der Waals surface area contributed by atoms with Gasteiger partial charge in [-0.05, 0) is 6.07 Å². The van der Waals surface area contributed by atoms with Gasteiger partial charge >= 0.3 is 5.97 Å². The van der Waals surface area contributed by atoms with Gasteiger partial charge in [-0.25, -0.2) is 4.79 Å². The zero-order valence-corrected chi connectivity index (χ0v) is 8.00. The molecule has 3 N–H and O–H groups in total. The summed E-state index contributed by atoms with van der Waals surface area (Å²) >= 11 is 1.30. The van der Waals surface area contributed by atoms with Crippen molar-refractivity contribution in [3.05, 3.63) is 21.9 Å². The predicted octanol–water partition coefficient (Wildman–Crippen LogP) is 0.527. The second kappa shape index (κ2) is 4.36. The number of aliphatic hydroxyl groups is 1. The predicted molar refractivity (Wildman–Crippen MR) is 49.7 cm³/mol. The molecule has 0 aliphatic heterocycles. The van der Waals surface area contributed by atoms with Gasteiger partial charge in [-0.2, -0.15) is 0 Å². The molecule has 1 aromatic rings. The van der Waals surface area contributed by atoms with Crippen LogP contribution in [0.5, 0.6) is 0 Å². The van der Waals surface area contributed by atoms with E-state index in [1.165, 1.54) is 18.4 Å². The second-order valence-electron chi connectivity index (χ2n) is 2.48. The molecule has 0 aromatic carbocycles. The average molecular weight is 201 g/mol. The number of nitrogens with two attached hydrogens (primary N) is 1. The summed E-state index contributed by atoms with van der Waals surface area (Å²) in [6.45, 7) is 0.154. The first-order valence-corrected chi connectivity index (χ1v) is 4.62. The van der Waals surface area contributed by atoms with Crippen molar-refractivity contribution < 1.29 is 14.6 Å². The third kappa shape index (κ3) is 2.27. The van der Waals surface area contributed by atoms with Crippen LogP contribution in [0.1, 0.15) is 21.3 Å². The molecule has 0 fully saturated rings. The molecular weight excluding hydrogens is 190 g/mol. The van der Waals surface area contributed by atoms with E-state index < -0.39 is 12.1 Å². The Morgan fingerprint density at radius 3 is 3.08 bits per heavy atom. The van der Waals surface area contributed by atoms with Gasteiger partial charge < -0.3 is 15.6 Å². The Kier molecular flexibility index (Phi) is 3.41. The normalized spacial score (nSPS) is 12.5. The molecule has 4 nitrogen and oxygen atoms in total. The van der Waals surface area contributed by atoms with Crippen LogP contribution in [0.3, 0.4) is 0 Å². The monoisotopic (exact) mass is 201 g/mol. The van der Waals surface area contributed by atoms with Crippen LogP contribution in [-0.2, 0) is 4.74 Å². The number of esters is 1. The number of aliphatic hydroxyl groups excluding tert-OH is 1. The fourth-order valence-corrected chi connectivity index (χ4v) is 1.74. The molecule has 0 spiro atoms. The van der Waals surface area contributed by atoms with E-state index >= 15 is 0 Å². The number of thiophene rings is 1. The van der Waals surface area contributed by atoms with Crippen molar-refractivity contribution in [3.63, 3.8) is 0 Å². The molecule has 1 atom stereocenters. The molecule has 1 rings (SSSR count). The molecule has 0 bridgehead atoms. The van der Waals surface area contributed by atoms with Gasteiger partial charge in [-0.3, -0.25) is 0 Å². The highest BCUT2D eigenvalue weighted by molar-refractivity contribution is 7.10. The molecule has 0 radical (unpaired) electrons. The highest BCUT2D eigenvalue weighted by atomic mass is 32.1. The van der Waals surface area contributed by atoms with Crippen LogP contribution in [0.2, 0.25) is 0 Å².